The summed E-state index contributed by atoms with van der Waals surface area (Å²) < 4.78 is 18.4. The molecular weight excluding hydrogens is 333 g/mol. The minimum absolute atomic E-state index is 0.0660. The van der Waals surface area contributed by atoms with E-state index < -0.39 is 6.04 Å². The molecule has 1 aromatic heterocycles. The fourth-order valence-electron chi connectivity index (χ4n) is 2.59. The lowest BCUT2D eigenvalue weighted by atomic mass is 10.0. The Bertz CT molecular complexity index is 860. The summed E-state index contributed by atoms with van der Waals surface area (Å²) in [7, 11) is 0. The molecule has 0 aliphatic heterocycles. The Balaban J connectivity index is 1.72. The highest BCUT2D eigenvalue weighted by atomic mass is 19.1. The maximum absolute atomic E-state index is 13.0. The van der Waals surface area contributed by atoms with Gasteiger partial charge in [0.2, 0.25) is 17.6 Å². The summed E-state index contributed by atoms with van der Waals surface area (Å²) in [5.41, 5.74) is 1.59. The van der Waals surface area contributed by atoms with E-state index in [1.165, 1.54) is 12.1 Å². The van der Waals surface area contributed by atoms with Crippen LogP contribution in [0.1, 0.15) is 31.3 Å². The fraction of sp³-hybridized carbons (Fsp3) is 0.250. The van der Waals surface area contributed by atoms with Gasteiger partial charge in [-0.25, -0.2) is 4.39 Å². The maximum Gasteiger partial charge on any atom is 0.249 e. The molecule has 0 bridgehead atoms. The van der Waals surface area contributed by atoms with E-state index in [0.717, 1.165) is 11.1 Å². The monoisotopic (exact) mass is 353 g/mol. The molecule has 0 saturated heterocycles. The normalized spacial score (nSPS) is 12.2. The number of nitrogens with one attached hydrogen (secondary N) is 1. The molecule has 3 aromatic rings. The third-order valence-corrected chi connectivity index (χ3v) is 4.00. The van der Waals surface area contributed by atoms with Crippen LogP contribution in [-0.2, 0) is 11.2 Å². The molecule has 0 aliphatic rings. The molecule has 1 unspecified atom stereocenters. The number of hydrogen-bond acceptors (Lipinski definition) is 4. The van der Waals surface area contributed by atoms with E-state index in [0.29, 0.717) is 11.7 Å². The van der Waals surface area contributed by atoms with E-state index in [9.17, 15) is 9.18 Å². The van der Waals surface area contributed by atoms with Crippen LogP contribution in [0.2, 0.25) is 0 Å². The second kappa shape index (κ2) is 7.91. The van der Waals surface area contributed by atoms with E-state index in [1.54, 1.807) is 12.1 Å². The molecule has 0 spiro atoms. The maximum atomic E-state index is 13.0. The van der Waals surface area contributed by atoms with Crippen LogP contribution in [-0.4, -0.2) is 16.0 Å². The zero-order valence-corrected chi connectivity index (χ0v) is 14.6. The molecule has 5 nitrogen and oxygen atoms in total. The van der Waals surface area contributed by atoms with Crippen molar-refractivity contribution < 1.29 is 13.7 Å². The van der Waals surface area contributed by atoms with Crippen LogP contribution in [0.5, 0.6) is 0 Å². The van der Waals surface area contributed by atoms with Gasteiger partial charge in [0.05, 0.1) is 6.42 Å². The molecule has 0 aliphatic carbocycles. The van der Waals surface area contributed by atoms with Gasteiger partial charge in [-0.15, -0.1) is 0 Å². The predicted octanol–water partition coefficient (Wildman–Crippen LogP) is 3.93. The predicted molar refractivity (Wildman–Crippen MR) is 95.6 cm³/mol. The smallest absolute Gasteiger partial charge is 0.249 e. The number of hydrogen-bond donors (Lipinski definition) is 1. The average molecular weight is 353 g/mol. The van der Waals surface area contributed by atoms with Gasteiger partial charge >= 0.3 is 0 Å². The average Bonchev–Trinajstić information content (AvgIpc) is 3.12. The molecule has 0 radical (unpaired) electrons. The molecule has 1 amide bonds. The minimum Gasteiger partial charge on any atom is -0.344 e. The lowest BCUT2D eigenvalue weighted by molar-refractivity contribution is -0.121. The van der Waals surface area contributed by atoms with Crippen molar-refractivity contribution in [1.82, 2.24) is 15.5 Å². The van der Waals surface area contributed by atoms with Gasteiger partial charge in [0.15, 0.2) is 0 Å². The Morgan fingerprint density at radius 2 is 1.81 bits per heavy atom. The molecule has 2 aromatic carbocycles. The highest BCUT2D eigenvalue weighted by Gasteiger charge is 2.24. The highest BCUT2D eigenvalue weighted by Crippen LogP contribution is 2.23. The molecule has 134 valence electrons. The molecule has 0 saturated carbocycles. The highest BCUT2D eigenvalue weighted by molar-refractivity contribution is 5.78. The first-order valence-electron chi connectivity index (χ1n) is 8.46. The summed E-state index contributed by atoms with van der Waals surface area (Å²) in [6, 6.07) is 15.0. The van der Waals surface area contributed by atoms with Crippen LogP contribution in [0.15, 0.2) is 59.1 Å². The SMILES string of the molecule is CC(C)C(NC(=O)Cc1ccc(F)cc1)c1nc(-c2ccccc2)no1. The van der Waals surface area contributed by atoms with E-state index in [2.05, 4.69) is 15.5 Å². The Morgan fingerprint density at radius 1 is 1.12 bits per heavy atom. The minimum atomic E-state index is -0.395. The van der Waals surface area contributed by atoms with Crippen molar-refractivity contribution >= 4 is 5.91 Å². The number of amides is 1. The van der Waals surface area contributed by atoms with Crippen molar-refractivity contribution in [3.05, 3.63) is 71.9 Å². The molecular formula is C20H20FN3O2. The Hall–Kier alpha value is -3.02. The summed E-state index contributed by atoms with van der Waals surface area (Å²) in [6.45, 7) is 3.93. The van der Waals surface area contributed by atoms with E-state index in [-0.39, 0.29) is 24.1 Å². The molecule has 1 N–H and O–H groups in total. The van der Waals surface area contributed by atoms with Crippen molar-refractivity contribution in [1.29, 1.82) is 0 Å². The van der Waals surface area contributed by atoms with Crippen LogP contribution >= 0.6 is 0 Å². The van der Waals surface area contributed by atoms with Gasteiger partial charge in [0.1, 0.15) is 11.9 Å². The van der Waals surface area contributed by atoms with Crippen molar-refractivity contribution in [2.45, 2.75) is 26.3 Å². The van der Waals surface area contributed by atoms with Gasteiger partial charge in [-0.05, 0) is 23.6 Å². The Morgan fingerprint density at radius 3 is 2.46 bits per heavy atom. The van der Waals surface area contributed by atoms with E-state index in [4.69, 9.17) is 4.52 Å². The van der Waals surface area contributed by atoms with E-state index >= 15 is 0 Å². The van der Waals surface area contributed by atoms with Crippen LogP contribution in [0, 0.1) is 11.7 Å². The molecule has 0 fully saturated rings. The third-order valence-electron chi connectivity index (χ3n) is 4.00. The van der Waals surface area contributed by atoms with Crippen molar-refractivity contribution in [3.63, 3.8) is 0 Å². The number of benzene rings is 2. The number of nitrogens with zero attached hydrogens (tertiary/aromatic N) is 2. The number of carbonyl (C=O) groups excluding carboxylic acids is 1. The van der Waals surface area contributed by atoms with Crippen molar-refractivity contribution in [2.75, 3.05) is 0 Å². The van der Waals surface area contributed by atoms with E-state index in [1.807, 2.05) is 44.2 Å². The summed E-state index contributed by atoms with van der Waals surface area (Å²) in [6.07, 6.45) is 0.156. The number of halogens is 1. The molecule has 26 heavy (non-hydrogen) atoms. The van der Waals surface area contributed by atoms with Crippen LogP contribution in [0.3, 0.4) is 0 Å². The second-order valence-electron chi connectivity index (χ2n) is 6.41. The van der Waals surface area contributed by atoms with Crippen molar-refractivity contribution in [2.24, 2.45) is 5.92 Å². The Labute approximate surface area is 151 Å². The molecule has 3 rings (SSSR count). The number of aromatic nitrogens is 2. The molecule has 6 heteroatoms. The number of rotatable bonds is 6. The van der Waals surface area contributed by atoms with Crippen LogP contribution < -0.4 is 5.32 Å². The zero-order chi connectivity index (χ0) is 18.5. The second-order valence-corrected chi connectivity index (χ2v) is 6.41. The topological polar surface area (TPSA) is 68.0 Å². The summed E-state index contributed by atoms with van der Waals surface area (Å²) in [5, 5.41) is 6.94. The quantitative estimate of drug-likeness (QED) is 0.729. The first-order chi connectivity index (χ1) is 12.5. The van der Waals surface area contributed by atoms with Crippen LogP contribution in [0.4, 0.5) is 4.39 Å². The Kier molecular flexibility index (Phi) is 5.41. The standard InChI is InChI=1S/C20H20FN3O2/c1-13(2)18(22-17(25)12-14-8-10-16(21)11-9-14)20-23-19(24-26-20)15-6-4-3-5-7-15/h3-11,13,18H,12H2,1-2H3,(H,22,25). The van der Waals surface area contributed by atoms with Gasteiger partial charge in [-0.2, -0.15) is 4.98 Å². The first-order valence-corrected chi connectivity index (χ1v) is 8.46. The summed E-state index contributed by atoms with van der Waals surface area (Å²) in [5.74, 6) is 0.407. The molecule has 1 atom stereocenters. The summed E-state index contributed by atoms with van der Waals surface area (Å²) >= 11 is 0. The lowest BCUT2D eigenvalue weighted by Crippen LogP contribution is -2.33. The van der Waals surface area contributed by atoms with Gasteiger partial charge in [-0.1, -0.05) is 61.5 Å². The van der Waals surface area contributed by atoms with Crippen molar-refractivity contribution in [3.8, 4) is 11.4 Å². The zero-order valence-electron chi connectivity index (χ0n) is 14.6. The van der Waals surface area contributed by atoms with Gasteiger partial charge in [-0.3, -0.25) is 4.79 Å². The fourth-order valence-corrected chi connectivity index (χ4v) is 2.59. The van der Waals surface area contributed by atoms with Gasteiger partial charge < -0.3 is 9.84 Å². The van der Waals surface area contributed by atoms with Gasteiger partial charge in [0.25, 0.3) is 0 Å². The largest absolute Gasteiger partial charge is 0.344 e. The number of carbonyl (C=O) groups is 1. The third kappa shape index (κ3) is 4.33. The van der Waals surface area contributed by atoms with Crippen LogP contribution in [0.25, 0.3) is 11.4 Å². The molecule has 1 heterocycles. The summed E-state index contributed by atoms with van der Waals surface area (Å²) in [4.78, 5) is 16.8. The lowest BCUT2D eigenvalue weighted by Gasteiger charge is -2.18. The first kappa shape index (κ1) is 17.8. The van der Waals surface area contributed by atoms with Gasteiger partial charge in [0, 0.05) is 5.56 Å².